The van der Waals surface area contributed by atoms with Crippen molar-refractivity contribution in [3.63, 3.8) is 0 Å². The average molecular weight is 257 g/mol. The Balaban J connectivity index is 2.14. The molecule has 0 aliphatic heterocycles. The van der Waals surface area contributed by atoms with E-state index in [1.54, 1.807) is 24.3 Å². The largest absolute Gasteiger partial charge is 0.289 e. The van der Waals surface area contributed by atoms with Crippen LogP contribution in [-0.4, -0.2) is 5.78 Å². The van der Waals surface area contributed by atoms with Crippen molar-refractivity contribution in [1.82, 2.24) is 0 Å². The van der Waals surface area contributed by atoms with Crippen molar-refractivity contribution in [3.05, 3.63) is 76.3 Å². The van der Waals surface area contributed by atoms with Crippen LogP contribution < -0.4 is 0 Å². The standard InChI is InChI=1S/C16H13ClO/c1-12-3-2-4-14(11-12)16(18)10-7-13-5-8-15(17)9-6-13/h2-11H,1H3. The molecule has 0 heterocycles. The zero-order valence-corrected chi connectivity index (χ0v) is 10.8. The Kier molecular flexibility index (Phi) is 3.96. The first-order valence-electron chi connectivity index (χ1n) is 5.70. The summed E-state index contributed by atoms with van der Waals surface area (Å²) < 4.78 is 0. The minimum Gasteiger partial charge on any atom is -0.289 e. The fraction of sp³-hybridized carbons (Fsp3) is 0.0625. The van der Waals surface area contributed by atoms with Crippen LogP contribution in [-0.2, 0) is 0 Å². The quantitative estimate of drug-likeness (QED) is 0.582. The summed E-state index contributed by atoms with van der Waals surface area (Å²) >= 11 is 5.80. The average Bonchev–Trinajstić information content (AvgIpc) is 2.38. The summed E-state index contributed by atoms with van der Waals surface area (Å²) in [7, 11) is 0. The first-order chi connectivity index (χ1) is 8.65. The second kappa shape index (κ2) is 5.65. The molecule has 1 nitrogen and oxygen atoms in total. The number of rotatable bonds is 3. The minimum absolute atomic E-state index is 0.00801. The maximum atomic E-state index is 11.9. The van der Waals surface area contributed by atoms with Gasteiger partial charge in [-0.05, 0) is 36.8 Å². The van der Waals surface area contributed by atoms with Crippen LogP contribution in [0.5, 0.6) is 0 Å². The number of aryl methyl sites for hydroxylation is 1. The highest BCUT2D eigenvalue weighted by Gasteiger charge is 2.00. The van der Waals surface area contributed by atoms with E-state index in [-0.39, 0.29) is 5.78 Å². The van der Waals surface area contributed by atoms with Crippen LogP contribution in [0.15, 0.2) is 54.6 Å². The Bertz CT molecular complexity index is 582. The number of carbonyl (C=O) groups excluding carboxylic acids is 1. The van der Waals surface area contributed by atoms with Gasteiger partial charge in [0.25, 0.3) is 0 Å². The van der Waals surface area contributed by atoms with Crippen LogP contribution in [0.4, 0.5) is 0 Å². The molecule has 0 fully saturated rings. The molecule has 0 aromatic heterocycles. The van der Waals surface area contributed by atoms with Crippen LogP contribution in [0.1, 0.15) is 21.5 Å². The molecule has 0 aliphatic carbocycles. The minimum atomic E-state index is 0.00801. The summed E-state index contributed by atoms with van der Waals surface area (Å²) in [6, 6.07) is 14.9. The van der Waals surface area contributed by atoms with Gasteiger partial charge < -0.3 is 0 Å². The molecule has 0 atom stereocenters. The number of halogens is 1. The van der Waals surface area contributed by atoms with E-state index in [0.717, 1.165) is 11.1 Å². The summed E-state index contributed by atoms with van der Waals surface area (Å²) in [5.41, 5.74) is 2.75. The highest BCUT2D eigenvalue weighted by molar-refractivity contribution is 6.30. The van der Waals surface area contributed by atoms with E-state index >= 15 is 0 Å². The first-order valence-corrected chi connectivity index (χ1v) is 6.07. The number of carbonyl (C=O) groups is 1. The van der Waals surface area contributed by atoms with Gasteiger partial charge in [0.05, 0.1) is 0 Å². The highest BCUT2D eigenvalue weighted by atomic mass is 35.5. The van der Waals surface area contributed by atoms with Gasteiger partial charge in [0.15, 0.2) is 5.78 Å². The summed E-state index contributed by atoms with van der Waals surface area (Å²) in [6.07, 6.45) is 3.37. The van der Waals surface area contributed by atoms with Gasteiger partial charge in [-0.25, -0.2) is 0 Å². The number of hydrogen-bond donors (Lipinski definition) is 0. The van der Waals surface area contributed by atoms with Gasteiger partial charge >= 0.3 is 0 Å². The molecule has 0 radical (unpaired) electrons. The molecule has 0 saturated heterocycles. The van der Waals surface area contributed by atoms with Crippen LogP contribution in [0, 0.1) is 6.92 Å². The van der Waals surface area contributed by atoms with E-state index in [1.165, 1.54) is 0 Å². The van der Waals surface area contributed by atoms with Crippen molar-refractivity contribution in [2.45, 2.75) is 6.92 Å². The van der Waals surface area contributed by atoms with Crippen LogP contribution >= 0.6 is 11.6 Å². The molecule has 90 valence electrons. The van der Waals surface area contributed by atoms with Gasteiger partial charge in [-0.15, -0.1) is 0 Å². The molecule has 0 bridgehead atoms. The lowest BCUT2D eigenvalue weighted by molar-refractivity contribution is 0.104. The first kappa shape index (κ1) is 12.6. The summed E-state index contributed by atoms with van der Waals surface area (Å²) in [5.74, 6) is 0.00801. The molecule has 0 unspecified atom stereocenters. The molecule has 2 heteroatoms. The maximum absolute atomic E-state index is 11.9. The molecule has 0 spiro atoms. The third kappa shape index (κ3) is 3.31. The van der Waals surface area contributed by atoms with Crippen molar-refractivity contribution >= 4 is 23.5 Å². The van der Waals surface area contributed by atoms with Gasteiger partial charge in [-0.3, -0.25) is 4.79 Å². The highest BCUT2D eigenvalue weighted by Crippen LogP contribution is 2.11. The molecule has 2 rings (SSSR count). The number of ketones is 1. The molecule has 2 aromatic rings. The van der Waals surface area contributed by atoms with Crippen molar-refractivity contribution in [2.24, 2.45) is 0 Å². The van der Waals surface area contributed by atoms with Gasteiger partial charge in [0, 0.05) is 10.6 Å². The zero-order chi connectivity index (χ0) is 13.0. The van der Waals surface area contributed by atoms with Crippen molar-refractivity contribution in [1.29, 1.82) is 0 Å². The third-order valence-corrected chi connectivity index (χ3v) is 2.85. The normalized spacial score (nSPS) is 10.8. The Morgan fingerprint density at radius 2 is 1.83 bits per heavy atom. The predicted molar refractivity (Wildman–Crippen MR) is 76.0 cm³/mol. The zero-order valence-electron chi connectivity index (χ0n) is 10.1. The topological polar surface area (TPSA) is 17.1 Å². The molecule has 0 aliphatic rings. The Morgan fingerprint density at radius 3 is 2.50 bits per heavy atom. The van der Waals surface area contributed by atoms with Crippen molar-refractivity contribution in [2.75, 3.05) is 0 Å². The SMILES string of the molecule is Cc1cccc(C(=O)C=Cc2ccc(Cl)cc2)c1. The lowest BCUT2D eigenvalue weighted by Gasteiger charge is -1.97. The lowest BCUT2D eigenvalue weighted by atomic mass is 10.1. The van der Waals surface area contributed by atoms with Crippen LogP contribution in [0.2, 0.25) is 5.02 Å². The van der Waals surface area contributed by atoms with Crippen LogP contribution in [0.25, 0.3) is 6.08 Å². The second-order valence-corrected chi connectivity index (χ2v) is 4.56. The molecule has 0 saturated carbocycles. The monoisotopic (exact) mass is 256 g/mol. The van der Waals surface area contributed by atoms with Gasteiger partial charge in [-0.1, -0.05) is 53.6 Å². The Morgan fingerprint density at radius 1 is 1.11 bits per heavy atom. The van der Waals surface area contributed by atoms with E-state index in [0.29, 0.717) is 10.6 Å². The summed E-state index contributed by atoms with van der Waals surface area (Å²) in [6.45, 7) is 1.97. The van der Waals surface area contributed by atoms with E-state index < -0.39 is 0 Å². The van der Waals surface area contributed by atoms with Gasteiger partial charge in [0.1, 0.15) is 0 Å². The smallest absolute Gasteiger partial charge is 0.185 e. The van der Waals surface area contributed by atoms with Crippen molar-refractivity contribution < 1.29 is 4.79 Å². The van der Waals surface area contributed by atoms with E-state index in [2.05, 4.69) is 0 Å². The lowest BCUT2D eigenvalue weighted by Crippen LogP contribution is -1.94. The molecular weight excluding hydrogens is 244 g/mol. The third-order valence-electron chi connectivity index (χ3n) is 2.60. The second-order valence-electron chi connectivity index (χ2n) is 4.12. The van der Waals surface area contributed by atoms with E-state index in [9.17, 15) is 4.79 Å². The van der Waals surface area contributed by atoms with Gasteiger partial charge in [0.2, 0.25) is 0 Å². The molecule has 0 N–H and O–H groups in total. The molecule has 0 amide bonds. The number of allylic oxidation sites excluding steroid dienone is 1. The molecule has 18 heavy (non-hydrogen) atoms. The fourth-order valence-corrected chi connectivity index (χ4v) is 1.77. The summed E-state index contributed by atoms with van der Waals surface area (Å²) in [4.78, 5) is 11.9. The van der Waals surface area contributed by atoms with Gasteiger partial charge in [-0.2, -0.15) is 0 Å². The Labute approximate surface area is 112 Å². The van der Waals surface area contributed by atoms with E-state index in [4.69, 9.17) is 11.6 Å². The van der Waals surface area contributed by atoms with Crippen LogP contribution in [0.3, 0.4) is 0 Å². The van der Waals surface area contributed by atoms with Crippen molar-refractivity contribution in [3.8, 4) is 0 Å². The van der Waals surface area contributed by atoms with E-state index in [1.807, 2.05) is 43.3 Å². The Hall–Kier alpha value is -1.86. The predicted octanol–water partition coefficient (Wildman–Crippen LogP) is 4.54. The summed E-state index contributed by atoms with van der Waals surface area (Å²) in [5, 5.41) is 0.692. The maximum Gasteiger partial charge on any atom is 0.185 e. The molecular formula is C16H13ClO. The number of benzene rings is 2. The molecule has 2 aromatic carbocycles. The fourth-order valence-electron chi connectivity index (χ4n) is 1.64. The number of hydrogen-bond acceptors (Lipinski definition) is 1.